The van der Waals surface area contributed by atoms with Crippen LogP contribution >= 0.6 is 11.6 Å². The maximum Gasteiger partial charge on any atom is 0.0923 e. The highest BCUT2D eigenvalue weighted by Crippen LogP contribution is 2.16. The van der Waals surface area contributed by atoms with Crippen molar-refractivity contribution in [2.45, 2.75) is 0 Å². The first-order chi connectivity index (χ1) is 7.24. The average molecular weight is 224 g/mol. The average Bonchev–Trinajstić information content (AvgIpc) is 2.62. The van der Waals surface area contributed by atoms with E-state index >= 15 is 0 Å². The van der Waals surface area contributed by atoms with Crippen LogP contribution in [-0.2, 0) is 0 Å². The molecule has 1 atom stereocenters. The zero-order valence-corrected chi connectivity index (χ0v) is 9.09. The van der Waals surface area contributed by atoms with Crippen LogP contribution in [0.4, 0.5) is 5.69 Å². The third-order valence-corrected chi connectivity index (χ3v) is 2.61. The summed E-state index contributed by atoms with van der Waals surface area (Å²) < 4.78 is 0. The minimum atomic E-state index is 0.448. The molecule has 3 nitrogen and oxygen atoms in total. The zero-order valence-electron chi connectivity index (χ0n) is 8.33. The van der Waals surface area contributed by atoms with Gasteiger partial charge in [-0.1, -0.05) is 17.7 Å². The fraction of sp³-hybridized carbons (Fsp3) is 0.273. The second-order valence-electron chi connectivity index (χ2n) is 3.65. The number of benzene rings is 1. The third kappa shape index (κ3) is 2.80. The van der Waals surface area contributed by atoms with E-state index in [4.69, 9.17) is 17.3 Å². The van der Waals surface area contributed by atoms with Crippen LogP contribution in [0.3, 0.4) is 0 Å². The monoisotopic (exact) mass is 223 g/mol. The molecule has 0 aliphatic carbocycles. The maximum absolute atomic E-state index is 5.88. The molecule has 0 unspecified atom stereocenters. The SMILES string of the molecule is NC1=C[C@@H](CNc2cccc(Cl)c2)CN1. The van der Waals surface area contributed by atoms with Crippen molar-refractivity contribution in [1.29, 1.82) is 0 Å². The van der Waals surface area contributed by atoms with Crippen molar-refractivity contribution in [2.75, 3.05) is 18.4 Å². The second kappa shape index (κ2) is 4.45. The van der Waals surface area contributed by atoms with Crippen molar-refractivity contribution in [3.05, 3.63) is 41.2 Å². The normalized spacial score (nSPS) is 19.5. The Morgan fingerprint density at radius 2 is 2.40 bits per heavy atom. The number of hydrogen-bond acceptors (Lipinski definition) is 3. The van der Waals surface area contributed by atoms with Crippen LogP contribution in [0.25, 0.3) is 0 Å². The molecule has 1 aromatic rings. The first-order valence-corrected chi connectivity index (χ1v) is 5.32. The van der Waals surface area contributed by atoms with Crippen molar-refractivity contribution in [3.63, 3.8) is 0 Å². The maximum atomic E-state index is 5.88. The lowest BCUT2D eigenvalue weighted by Gasteiger charge is -2.10. The van der Waals surface area contributed by atoms with Gasteiger partial charge in [-0.25, -0.2) is 0 Å². The Morgan fingerprint density at radius 1 is 1.53 bits per heavy atom. The van der Waals surface area contributed by atoms with Crippen LogP contribution in [0.1, 0.15) is 0 Å². The van der Waals surface area contributed by atoms with E-state index < -0.39 is 0 Å². The molecular weight excluding hydrogens is 210 g/mol. The van der Waals surface area contributed by atoms with Gasteiger partial charge in [0.15, 0.2) is 0 Å². The molecule has 4 heteroatoms. The van der Waals surface area contributed by atoms with Gasteiger partial charge in [-0.15, -0.1) is 0 Å². The van der Waals surface area contributed by atoms with E-state index in [1.54, 1.807) is 0 Å². The van der Waals surface area contributed by atoms with Crippen molar-refractivity contribution >= 4 is 17.3 Å². The summed E-state index contributed by atoms with van der Waals surface area (Å²) in [4.78, 5) is 0. The first kappa shape index (κ1) is 10.2. The van der Waals surface area contributed by atoms with Crippen molar-refractivity contribution < 1.29 is 0 Å². The number of rotatable bonds is 3. The summed E-state index contributed by atoms with van der Waals surface area (Å²) in [6.07, 6.45) is 2.04. The Kier molecular flexibility index (Phi) is 3.02. The van der Waals surface area contributed by atoms with Crippen LogP contribution in [0.5, 0.6) is 0 Å². The molecule has 80 valence electrons. The Bertz CT molecular complexity index is 376. The quantitative estimate of drug-likeness (QED) is 0.732. The molecule has 1 heterocycles. The summed E-state index contributed by atoms with van der Waals surface area (Å²) in [6, 6.07) is 7.71. The minimum Gasteiger partial charge on any atom is -0.386 e. The van der Waals surface area contributed by atoms with Crippen LogP contribution < -0.4 is 16.4 Å². The van der Waals surface area contributed by atoms with Gasteiger partial charge in [-0.2, -0.15) is 0 Å². The second-order valence-corrected chi connectivity index (χ2v) is 4.09. The van der Waals surface area contributed by atoms with Gasteiger partial charge in [0.1, 0.15) is 0 Å². The Balaban J connectivity index is 1.88. The molecule has 0 aromatic heterocycles. The molecule has 0 saturated carbocycles. The molecule has 0 saturated heterocycles. The lowest BCUT2D eigenvalue weighted by atomic mass is 10.1. The standard InChI is InChI=1S/C11H14ClN3/c12-9-2-1-3-10(5-9)14-6-8-4-11(13)15-7-8/h1-5,8,14-15H,6-7,13H2/t8-/m0/s1. The first-order valence-electron chi connectivity index (χ1n) is 4.94. The van der Waals surface area contributed by atoms with E-state index in [2.05, 4.69) is 10.6 Å². The van der Waals surface area contributed by atoms with E-state index in [1.807, 2.05) is 30.3 Å². The molecule has 2 rings (SSSR count). The molecule has 0 radical (unpaired) electrons. The Morgan fingerprint density at radius 3 is 3.07 bits per heavy atom. The number of anilines is 1. The van der Waals surface area contributed by atoms with Gasteiger partial charge in [0, 0.05) is 29.7 Å². The van der Waals surface area contributed by atoms with Crippen LogP contribution in [-0.4, -0.2) is 13.1 Å². The van der Waals surface area contributed by atoms with E-state index in [-0.39, 0.29) is 0 Å². The van der Waals surface area contributed by atoms with Gasteiger partial charge in [0.25, 0.3) is 0 Å². The lowest BCUT2D eigenvalue weighted by Crippen LogP contribution is -2.20. The summed E-state index contributed by atoms with van der Waals surface area (Å²) in [5.41, 5.74) is 6.66. The number of nitrogens with one attached hydrogen (secondary N) is 2. The number of halogens is 1. The Labute approximate surface area is 94.3 Å². The van der Waals surface area contributed by atoms with Crippen molar-refractivity contribution in [1.82, 2.24) is 5.32 Å². The highest BCUT2D eigenvalue weighted by Gasteiger charge is 2.12. The number of nitrogens with two attached hydrogens (primary N) is 1. The smallest absolute Gasteiger partial charge is 0.0923 e. The van der Waals surface area contributed by atoms with Crippen molar-refractivity contribution in [2.24, 2.45) is 11.7 Å². The molecule has 0 fully saturated rings. The van der Waals surface area contributed by atoms with Crippen LogP contribution in [0, 0.1) is 5.92 Å². The molecule has 1 aliphatic rings. The molecule has 0 bridgehead atoms. The molecule has 0 spiro atoms. The summed E-state index contributed by atoms with van der Waals surface area (Å²) in [7, 11) is 0. The Hall–Kier alpha value is -1.35. The molecular formula is C11H14ClN3. The summed E-state index contributed by atoms with van der Waals surface area (Å²) in [6.45, 7) is 1.77. The van der Waals surface area contributed by atoms with Crippen molar-refractivity contribution in [3.8, 4) is 0 Å². The topological polar surface area (TPSA) is 50.1 Å². The van der Waals surface area contributed by atoms with E-state index in [0.717, 1.165) is 29.6 Å². The predicted octanol–water partition coefficient (Wildman–Crippen LogP) is 1.77. The minimum absolute atomic E-state index is 0.448. The molecule has 0 amide bonds. The van der Waals surface area contributed by atoms with Gasteiger partial charge < -0.3 is 16.4 Å². The largest absolute Gasteiger partial charge is 0.386 e. The zero-order chi connectivity index (χ0) is 10.7. The van der Waals surface area contributed by atoms with E-state index in [1.165, 1.54) is 0 Å². The van der Waals surface area contributed by atoms with Crippen LogP contribution in [0.2, 0.25) is 5.02 Å². The van der Waals surface area contributed by atoms with Gasteiger partial charge in [0.2, 0.25) is 0 Å². The fourth-order valence-electron chi connectivity index (χ4n) is 1.60. The predicted molar refractivity (Wildman–Crippen MR) is 63.7 cm³/mol. The van der Waals surface area contributed by atoms with Gasteiger partial charge >= 0.3 is 0 Å². The number of hydrogen-bond donors (Lipinski definition) is 3. The van der Waals surface area contributed by atoms with Gasteiger partial charge in [0.05, 0.1) is 5.82 Å². The highest BCUT2D eigenvalue weighted by molar-refractivity contribution is 6.30. The molecule has 15 heavy (non-hydrogen) atoms. The fourth-order valence-corrected chi connectivity index (χ4v) is 1.79. The van der Waals surface area contributed by atoms with E-state index in [9.17, 15) is 0 Å². The summed E-state index contributed by atoms with van der Waals surface area (Å²) in [5, 5.41) is 7.16. The third-order valence-electron chi connectivity index (χ3n) is 2.38. The molecule has 1 aromatic carbocycles. The summed E-state index contributed by atoms with van der Waals surface area (Å²) >= 11 is 5.88. The highest BCUT2D eigenvalue weighted by atomic mass is 35.5. The lowest BCUT2D eigenvalue weighted by molar-refractivity contribution is 0.680. The summed E-state index contributed by atoms with van der Waals surface area (Å²) in [5.74, 6) is 1.22. The van der Waals surface area contributed by atoms with Gasteiger partial charge in [-0.05, 0) is 24.3 Å². The molecule has 1 aliphatic heterocycles. The van der Waals surface area contributed by atoms with Gasteiger partial charge in [-0.3, -0.25) is 0 Å². The van der Waals surface area contributed by atoms with E-state index in [0.29, 0.717) is 5.92 Å². The van der Waals surface area contributed by atoms with Crippen LogP contribution in [0.15, 0.2) is 36.2 Å². The molecule has 4 N–H and O–H groups in total.